The second-order valence-corrected chi connectivity index (χ2v) is 4.43. The molecule has 1 aromatic rings. The van der Waals surface area contributed by atoms with Crippen molar-refractivity contribution in [3.05, 3.63) is 27.0 Å². The molecule has 0 N–H and O–H groups in total. The Balaban J connectivity index is 3.21. The number of aryl methyl sites for hydroxylation is 1. The highest BCUT2D eigenvalue weighted by molar-refractivity contribution is 9.10. The molecule has 1 rings (SSSR count). The van der Waals surface area contributed by atoms with Gasteiger partial charge in [-0.1, -0.05) is 13.3 Å². The predicted molar refractivity (Wildman–Crippen MR) is 64.7 cm³/mol. The largest absolute Gasteiger partial charge is 0.245 e. The molecule has 0 fully saturated rings. The summed E-state index contributed by atoms with van der Waals surface area (Å²) in [5.41, 5.74) is 4.01. The van der Waals surface area contributed by atoms with Crippen LogP contribution in [0.1, 0.15) is 42.1 Å². The molecular weight excluding hydrogens is 252 g/mol. The number of rotatable bonds is 3. The van der Waals surface area contributed by atoms with E-state index in [4.69, 9.17) is 5.26 Å². The third-order valence-electron chi connectivity index (χ3n) is 2.63. The van der Waals surface area contributed by atoms with Crippen molar-refractivity contribution in [3.8, 4) is 6.07 Å². The summed E-state index contributed by atoms with van der Waals surface area (Å²) >= 11 is 3.33. The van der Waals surface area contributed by atoms with Crippen molar-refractivity contribution in [2.45, 2.75) is 40.0 Å². The molecular formula is C12H15BrN2. The SMILES string of the molecule is CCCCc1c(C)nc(Br)c(C#N)c1C. The Bertz CT molecular complexity index is 405. The van der Waals surface area contributed by atoms with Crippen LogP contribution < -0.4 is 0 Å². The molecule has 0 radical (unpaired) electrons. The second kappa shape index (κ2) is 5.27. The first kappa shape index (κ1) is 12.2. The van der Waals surface area contributed by atoms with E-state index in [1.54, 1.807) is 0 Å². The third kappa shape index (κ3) is 2.57. The van der Waals surface area contributed by atoms with E-state index in [9.17, 15) is 0 Å². The lowest BCUT2D eigenvalue weighted by atomic mass is 9.99. The van der Waals surface area contributed by atoms with E-state index < -0.39 is 0 Å². The van der Waals surface area contributed by atoms with Crippen LogP contribution >= 0.6 is 15.9 Å². The number of unbranched alkanes of at least 4 members (excludes halogenated alkanes) is 1. The first-order chi connectivity index (χ1) is 7.11. The summed E-state index contributed by atoms with van der Waals surface area (Å²) in [7, 11) is 0. The zero-order chi connectivity index (χ0) is 11.4. The second-order valence-electron chi connectivity index (χ2n) is 3.68. The van der Waals surface area contributed by atoms with Gasteiger partial charge < -0.3 is 0 Å². The Hall–Kier alpha value is -0.880. The molecule has 2 nitrogen and oxygen atoms in total. The first-order valence-electron chi connectivity index (χ1n) is 5.17. The highest BCUT2D eigenvalue weighted by Gasteiger charge is 2.12. The van der Waals surface area contributed by atoms with Crippen molar-refractivity contribution < 1.29 is 0 Å². The van der Waals surface area contributed by atoms with Crippen LogP contribution in [-0.2, 0) is 6.42 Å². The minimum atomic E-state index is 0.667. The summed E-state index contributed by atoms with van der Waals surface area (Å²) in [5, 5.41) is 9.02. The topological polar surface area (TPSA) is 36.7 Å². The van der Waals surface area contributed by atoms with E-state index >= 15 is 0 Å². The van der Waals surface area contributed by atoms with Crippen molar-refractivity contribution in [2.75, 3.05) is 0 Å². The lowest BCUT2D eigenvalue weighted by Gasteiger charge is -2.11. The molecule has 0 aliphatic carbocycles. The van der Waals surface area contributed by atoms with Gasteiger partial charge in [-0.25, -0.2) is 4.98 Å². The maximum atomic E-state index is 9.02. The van der Waals surface area contributed by atoms with Crippen LogP contribution in [0.4, 0.5) is 0 Å². The minimum Gasteiger partial charge on any atom is -0.245 e. The number of nitrogens with zero attached hydrogens (tertiary/aromatic N) is 2. The van der Waals surface area contributed by atoms with Crippen molar-refractivity contribution >= 4 is 15.9 Å². The summed E-state index contributed by atoms with van der Waals surface area (Å²) in [6, 6.07) is 2.20. The van der Waals surface area contributed by atoms with Gasteiger partial charge in [0.05, 0.1) is 5.56 Å². The van der Waals surface area contributed by atoms with Gasteiger partial charge in [0.25, 0.3) is 0 Å². The van der Waals surface area contributed by atoms with E-state index in [0.717, 1.165) is 30.5 Å². The number of aromatic nitrogens is 1. The van der Waals surface area contributed by atoms with E-state index in [1.807, 2.05) is 13.8 Å². The van der Waals surface area contributed by atoms with Gasteiger partial charge in [0.15, 0.2) is 0 Å². The Morgan fingerprint density at radius 2 is 2.07 bits per heavy atom. The third-order valence-corrected chi connectivity index (χ3v) is 3.20. The average Bonchev–Trinajstić information content (AvgIpc) is 2.17. The minimum absolute atomic E-state index is 0.667. The van der Waals surface area contributed by atoms with Crippen molar-refractivity contribution in [1.82, 2.24) is 4.98 Å². The molecule has 0 amide bonds. The number of pyridine rings is 1. The van der Waals surface area contributed by atoms with Crippen LogP contribution in [-0.4, -0.2) is 4.98 Å². The normalized spacial score (nSPS) is 10.1. The number of nitriles is 1. The van der Waals surface area contributed by atoms with Gasteiger partial charge in [0.2, 0.25) is 0 Å². The molecule has 0 atom stereocenters. The lowest BCUT2D eigenvalue weighted by molar-refractivity contribution is 0.780. The zero-order valence-corrected chi connectivity index (χ0v) is 11.0. The van der Waals surface area contributed by atoms with Crippen molar-refractivity contribution in [1.29, 1.82) is 5.26 Å². The van der Waals surface area contributed by atoms with Gasteiger partial charge in [0, 0.05) is 5.69 Å². The molecule has 3 heteroatoms. The summed E-state index contributed by atoms with van der Waals surface area (Å²) in [6.45, 7) is 6.18. The van der Waals surface area contributed by atoms with E-state index in [2.05, 4.69) is 33.9 Å². The molecule has 0 aliphatic rings. The molecule has 0 bridgehead atoms. The number of halogens is 1. The number of hydrogen-bond donors (Lipinski definition) is 0. The molecule has 1 heterocycles. The van der Waals surface area contributed by atoms with E-state index in [1.165, 1.54) is 5.56 Å². The van der Waals surface area contributed by atoms with E-state index in [0.29, 0.717) is 10.2 Å². The van der Waals surface area contributed by atoms with Gasteiger partial charge in [-0.05, 0) is 53.7 Å². The number of hydrogen-bond acceptors (Lipinski definition) is 2. The quantitative estimate of drug-likeness (QED) is 0.783. The highest BCUT2D eigenvalue weighted by atomic mass is 79.9. The van der Waals surface area contributed by atoms with Gasteiger partial charge in [-0.15, -0.1) is 0 Å². The summed E-state index contributed by atoms with van der Waals surface area (Å²) in [6.07, 6.45) is 3.33. The molecule has 0 saturated heterocycles. The van der Waals surface area contributed by atoms with Crippen molar-refractivity contribution in [3.63, 3.8) is 0 Å². The predicted octanol–water partition coefficient (Wildman–Crippen LogP) is 3.68. The zero-order valence-electron chi connectivity index (χ0n) is 9.39. The van der Waals surface area contributed by atoms with Gasteiger partial charge in [0.1, 0.15) is 10.7 Å². The van der Waals surface area contributed by atoms with Crippen LogP contribution in [0.3, 0.4) is 0 Å². The molecule has 0 aliphatic heterocycles. The standard InChI is InChI=1S/C12H15BrN2/c1-4-5-6-10-8(2)11(7-14)12(13)15-9(10)3/h4-6H2,1-3H3. The summed E-state index contributed by atoms with van der Waals surface area (Å²) in [4.78, 5) is 4.35. The smallest absolute Gasteiger partial charge is 0.124 e. The van der Waals surface area contributed by atoms with Crippen LogP contribution in [0.2, 0.25) is 0 Å². The molecule has 0 spiro atoms. The summed E-state index contributed by atoms with van der Waals surface area (Å²) < 4.78 is 0.667. The van der Waals surface area contributed by atoms with Gasteiger partial charge >= 0.3 is 0 Å². The molecule has 0 saturated carbocycles. The van der Waals surface area contributed by atoms with Crippen LogP contribution in [0.5, 0.6) is 0 Å². The van der Waals surface area contributed by atoms with E-state index in [-0.39, 0.29) is 0 Å². The van der Waals surface area contributed by atoms with Gasteiger partial charge in [-0.3, -0.25) is 0 Å². The maximum Gasteiger partial charge on any atom is 0.124 e. The Morgan fingerprint density at radius 1 is 1.40 bits per heavy atom. The first-order valence-corrected chi connectivity index (χ1v) is 5.96. The fourth-order valence-electron chi connectivity index (χ4n) is 1.70. The summed E-state index contributed by atoms with van der Waals surface area (Å²) in [5.74, 6) is 0. The molecule has 80 valence electrons. The molecule has 15 heavy (non-hydrogen) atoms. The van der Waals surface area contributed by atoms with Crippen LogP contribution in [0.25, 0.3) is 0 Å². The Kier molecular flexibility index (Phi) is 4.28. The van der Waals surface area contributed by atoms with Gasteiger partial charge in [-0.2, -0.15) is 5.26 Å². The highest BCUT2D eigenvalue weighted by Crippen LogP contribution is 2.24. The average molecular weight is 267 g/mol. The van der Waals surface area contributed by atoms with Crippen molar-refractivity contribution in [2.24, 2.45) is 0 Å². The lowest BCUT2D eigenvalue weighted by Crippen LogP contribution is -2.01. The fraction of sp³-hybridized carbons (Fsp3) is 0.500. The molecule has 0 aromatic carbocycles. The molecule has 0 unspecified atom stereocenters. The Labute approximate surface area is 99.5 Å². The van der Waals surface area contributed by atoms with Crippen LogP contribution in [0.15, 0.2) is 4.60 Å². The van der Waals surface area contributed by atoms with Crippen LogP contribution in [0, 0.1) is 25.2 Å². The maximum absolute atomic E-state index is 9.02. The Morgan fingerprint density at radius 3 is 2.60 bits per heavy atom. The fourth-order valence-corrected chi connectivity index (χ4v) is 2.35. The molecule has 1 aromatic heterocycles. The monoisotopic (exact) mass is 266 g/mol.